The summed E-state index contributed by atoms with van der Waals surface area (Å²) in [7, 11) is 0. The highest BCUT2D eigenvalue weighted by Gasteiger charge is 2.45. The topological polar surface area (TPSA) is 113 Å². The molecule has 1 heterocycles. The molecule has 0 aliphatic carbocycles. The maximum absolute atomic E-state index is 12.1. The third kappa shape index (κ3) is 3.75. The fraction of sp³-hybridized carbons (Fsp3) is 0.529. The van der Waals surface area contributed by atoms with Crippen molar-refractivity contribution in [1.29, 1.82) is 0 Å². The van der Waals surface area contributed by atoms with Crippen molar-refractivity contribution in [3.8, 4) is 0 Å². The fourth-order valence-corrected chi connectivity index (χ4v) is 2.92. The van der Waals surface area contributed by atoms with Crippen LogP contribution in [0, 0.1) is 11.3 Å². The van der Waals surface area contributed by atoms with E-state index in [1.165, 1.54) is 24.3 Å². The van der Waals surface area contributed by atoms with Gasteiger partial charge in [-0.3, -0.25) is 0 Å². The largest absolute Gasteiger partial charge is 0.478 e. The Morgan fingerprint density at radius 3 is 2.25 bits per heavy atom. The molecule has 0 saturated carbocycles. The van der Waals surface area contributed by atoms with Crippen molar-refractivity contribution >= 4 is 11.9 Å². The van der Waals surface area contributed by atoms with E-state index in [0.717, 1.165) is 6.42 Å². The molecule has 132 valence electrons. The van der Waals surface area contributed by atoms with Crippen LogP contribution in [0.5, 0.6) is 0 Å². The van der Waals surface area contributed by atoms with Crippen molar-refractivity contribution in [2.24, 2.45) is 11.3 Å². The molecule has 0 amide bonds. The first-order valence-electron chi connectivity index (χ1n) is 7.77. The van der Waals surface area contributed by atoms with Crippen LogP contribution < -0.4 is 0 Å². The molecule has 1 aromatic rings. The molecule has 7 nitrogen and oxygen atoms in total. The van der Waals surface area contributed by atoms with E-state index < -0.39 is 23.5 Å². The molecule has 0 bridgehead atoms. The van der Waals surface area contributed by atoms with E-state index in [1.54, 1.807) is 0 Å². The van der Waals surface area contributed by atoms with E-state index in [1.807, 2.05) is 6.92 Å². The van der Waals surface area contributed by atoms with Crippen LogP contribution in [0.4, 0.5) is 0 Å². The number of esters is 1. The van der Waals surface area contributed by atoms with Gasteiger partial charge in [0.25, 0.3) is 0 Å². The Bertz CT molecular complexity index is 577. The zero-order valence-corrected chi connectivity index (χ0v) is 13.5. The third-order valence-electron chi connectivity index (χ3n) is 4.48. The van der Waals surface area contributed by atoms with Gasteiger partial charge >= 0.3 is 11.9 Å². The van der Waals surface area contributed by atoms with Crippen LogP contribution in [0.2, 0.25) is 0 Å². The summed E-state index contributed by atoms with van der Waals surface area (Å²) < 4.78 is 10.9. The van der Waals surface area contributed by atoms with Gasteiger partial charge in [-0.15, -0.1) is 0 Å². The minimum absolute atomic E-state index is 0.0693. The van der Waals surface area contributed by atoms with Gasteiger partial charge in [-0.05, 0) is 36.6 Å². The highest BCUT2D eigenvalue weighted by molar-refractivity contribution is 5.92. The van der Waals surface area contributed by atoms with Gasteiger partial charge in [-0.25, -0.2) is 9.59 Å². The number of aliphatic hydroxyl groups excluding tert-OH is 2. The van der Waals surface area contributed by atoms with E-state index in [2.05, 4.69) is 0 Å². The summed E-state index contributed by atoms with van der Waals surface area (Å²) >= 11 is 0. The predicted octanol–water partition coefficient (Wildman–Crippen LogP) is 0.938. The molecule has 1 saturated heterocycles. The predicted molar refractivity (Wildman–Crippen MR) is 83.8 cm³/mol. The summed E-state index contributed by atoms with van der Waals surface area (Å²) in [6, 6.07) is 5.35. The average Bonchev–Trinajstić information content (AvgIpc) is 3.03. The zero-order chi connectivity index (χ0) is 17.7. The number of carboxylic acids is 1. The lowest BCUT2D eigenvalue weighted by molar-refractivity contribution is -0.106. The van der Waals surface area contributed by atoms with E-state index in [-0.39, 0.29) is 36.9 Å². The lowest BCUT2D eigenvalue weighted by atomic mass is 9.78. The summed E-state index contributed by atoms with van der Waals surface area (Å²) in [5, 5.41) is 28.3. The van der Waals surface area contributed by atoms with Gasteiger partial charge in [-0.1, -0.05) is 6.92 Å². The van der Waals surface area contributed by atoms with Crippen LogP contribution in [0.15, 0.2) is 24.3 Å². The number of ether oxygens (including phenoxy) is 2. The quantitative estimate of drug-likeness (QED) is 0.634. The number of carbonyl (C=O) groups is 2. The molecule has 1 aliphatic heterocycles. The SMILES string of the molecule is CC1CCOC1C(CO)(CO)COC(=O)c1ccc(C(=O)O)cc1. The van der Waals surface area contributed by atoms with Crippen LogP contribution in [-0.2, 0) is 9.47 Å². The van der Waals surface area contributed by atoms with Crippen LogP contribution >= 0.6 is 0 Å². The van der Waals surface area contributed by atoms with Crippen molar-refractivity contribution in [3.05, 3.63) is 35.4 Å². The van der Waals surface area contributed by atoms with Gasteiger partial charge in [-0.2, -0.15) is 0 Å². The van der Waals surface area contributed by atoms with Gasteiger partial charge in [0.1, 0.15) is 6.61 Å². The Kier molecular flexibility index (Phi) is 5.93. The molecule has 1 aromatic carbocycles. The van der Waals surface area contributed by atoms with Crippen molar-refractivity contribution < 1.29 is 34.4 Å². The van der Waals surface area contributed by atoms with Crippen molar-refractivity contribution in [2.75, 3.05) is 26.4 Å². The summed E-state index contributed by atoms with van der Waals surface area (Å²) in [5.41, 5.74) is -0.794. The lowest BCUT2D eigenvalue weighted by Crippen LogP contribution is -2.48. The number of aromatic carboxylic acids is 1. The second kappa shape index (κ2) is 7.74. The summed E-state index contributed by atoms with van der Waals surface area (Å²) in [6.07, 6.45) is 0.423. The Labute approximate surface area is 139 Å². The maximum Gasteiger partial charge on any atom is 0.338 e. The van der Waals surface area contributed by atoms with E-state index >= 15 is 0 Å². The zero-order valence-electron chi connectivity index (χ0n) is 13.5. The second-order valence-corrected chi connectivity index (χ2v) is 6.19. The molecular weight excluding hydrogens is 316 g/mol. The highest BCUT2D eigenvalue weighted by Crippen LogP contribution is 2.35. The summed E-state index contributed by atoms with van der Waals surface area (Å²) in [6.45, 7) is 1.57. The number of carboxylic acid groups (broad SMARTS) is 1. The average molecular weight is 338 g/mol. The Hall–Kier alpha value is -1.96. The standard InChI is InChI=1S/C17H22O7/c1-11-6-7-23-14(11)17(8-18,9-19)10-24-16(22)13-4-2-12(3-5-13)15(20)21/h2-5,11,14,18-19H,6-10H2,1H3,(H,20,21). The molecule has 2 unspecified atom stereocenters. The fourth-order valence-electron chi connectivity index (χ4n) is 2.92. The molecule has 3 N–H and O–H groups in total. The molecule has 0 spiro atoms. The highest BCUT2D eigenvalue weighted by atomic mass is 16.5. The first-order valence-corrected chi connectivity index (χ1v) is 7.77. The number of hydrogen-bond donors (Lipinski definition) is 3. The van der Waals surface area contributed by atoms with E-state index in [9.17, 15) is 19.8 Å². The molecule has 2 rings (SSSR count). The van der Waals surface area contributed by atoms with Crippen molar-refractivity contribution in [1.82, 2.24) is 0 Å². The minimum atomic E-state index is -1.08. The lowest BCUT2D eigenvalue weighted by Gasteiger charge is -2.36. The molecular formula is C17H22O7. The molecule has 0 aromatic heterocycles. The van der Waals surface area contributed by atoms with Crippen LogP contribution in [-0.4, -0.2) is 59.8 Å². The number of benzene rings is 1. The van der Waals surface area contributed by atoms with Crippen LogP contribution in [0.1, 0.15) is 34.1 Å². The second-order valence-electron chi connectivity index (χ2n) is 6.19. The van der Waals surface area contributed by atoms with Crippen LogP contribution in [0.25, 0.3) is 0 Å². The number of carbonyl (C=O) groups excluding carboxylic acids is 1. The molecule has 0 radical (unpaired) electrons. The van der Waals surface area contributed by atoms with E-state index in [4.69, 9.17) is 14.6 Å². The smallest absolute Gasteiger partial charge is 0.338 e. The van der Waals surface area contributed by atoms with Crippen molar-refractivity contribution in [3.63, 3.8) is 0 Å². The van der Waals surface area contributed by atoms with Gasteiger partial charge in [0.15, 0.2) is 0 Å². The minimum Gasteiger partial charge on any atom is -0.478 e. The summed E-state index contributed by atoms with van der Waals surface area (Å²) in [4.78, 5) is 22.9. The number of rotatable bonds is 7. The van der Waals surface area contributed by atoms with Gasteiger partial charge < -0.3 is 24.8 Å². The van der Waals surface area contributed by atoms with Gasteiger partial charge in [0.2, 0.25) is 0 Å². The van der Waals surface area contributed by atoms with Gasteiger partial charge in [0.05, 0.1) is 35.9 Å². The Morgan fingerprint density at radius 1 is 1.21 bits per heavy atom. The molecule has 24 heavy (non-hydrogen) atoms. The Morgan fingerprint density at radius 2 is 1.79 bits per heavy atom. The normalized spacial score (nSPS) is 20.8. The van der Waals surface area contributed by atoms with Gasteiger partial charge in [0, 0.05) is 6.61 Å². The Balaban J connectivity index is 2.05. The molecule has 1 aliphatic rings. The van der Waals surface area contributed by atoms with Crippen molar-refractivity contribution in [2.45, 2.75) is 19.4 Å². The monoisotopic (exact) mass is 338 g/mol. The first kappa shape index (κ1) is 18.4. The number of hydrogen-bond acceptors (Lipinski definition) is 6. The summed E-state index contributed by atoms with van der Waals surface area (Å²) in [5.74, 6) is -1.59. The van der Waals surface area contributed by atoms with E-state index in [0.29, 0.717) is 6.61 Å². The first-order chi connectivity index (χ1) is 11.4. The number of aliphatic hydroxyl groups is 2. The third-order valence-corrected chi connectivity index (χ3v) is 4.48. The maximum atomic E-state index is 12.1. The van der Waals surface area contributed by atoms with Crippen LogP contribution in [0.3, 0.4) is 0 Å². The molecule has 7 heteroatoms. The molecule has 1 fully saturated rings. The molecule has 2 atom stereocenters.